The Morgan fingerprint density at radius 3 is 2.37 bits per heavy atom. The number of nitrogens with zero attached hydrogens (tertiary/aromatic N) is 2. The summed E-state index contributed by atoms with van der Waals surface area (Å²) in [4.78, 5) is 20.5. The maximum absolute atomic E-state index is 12.3. The molecule has 4 heteroatoms. The number of carbonyl (C=O) groups excluding carboxylic acids is 1. The Balaban J connectivity index is 2.66. The number of carbonyl (C=O) groups is 1. The first-order chi connectivity index (χ1) is 8.60. The standard InChI is InChI=1S/C15H25N3O/c1-11-16-10-7-12(17-11)18-13(19)15(5,6)9-8-14(2,3)4/h7,10H,8-9H2,1-6H3,(H,16,17,18,19). The monoisotopic (exact) mass is 263 g/mol. The Bertz CT molecular complexity index is 447. The fraction of sp³-hybridized carbons (Fsp3) is 0.667. The molecule has 4 nitrogen and oxygen atoms in total. The van der Waals surface area contributed by atoms with E-state index in [1.165, 1.54) is 0 Å². The van der Waals surface area contributed by atoms with Crippen LogP contribution in [-0.4, -0.2) is 15.9 Å². The van der Waals surface area contributed by atoms with Crippen LogP contribution in [-0.2, 0) is 4.79 Å². The maximum Gasteiger partial charge on any atom is 0.231 e. The van der Waals surface area contributed by atoms with Crippen LogP contribution in [0.1, 0.15) is 53.3 Å². The normalized spacial score (nSPS) is 12.3. The van der Waals surface area contributed by atoms with Crippen LogP contribution in [0, 0.1) is 17.8 Å². The number of hydrogen-bond acceptors (Lipinski definition) is 3. The first-order valence-corrected chi connectivity index (χ1v) is 6.71. The molecule has 1 N–H and O–H groups in total. The second kappa shape index (κ2) is 5.68. The molecule has 0 atom stereocenters. The lowest BCUT2D eigenvalue weighted by molar-refractivity contribution is -0.124. The van der Waals surface area contributed by atoms with E-state index in [4.69, 9.17) is 0 Å². The van der Waals surface area contributed by atoms with Gasteiger partial charge in [0.05, 0.1) is 0 Å². The molecular weight excluding hydrogens is 238 g/mol. The van der Waals surface area contributed by atoms with Gasteiger partial charge in [-0.1, -0.05) is 34.6 Å². The quantitative estimate of drug-likeness (QED) is 0.903. The average Bonchev–Trinajstić information content (AvgIpc) is 2.25. The number of aryl methyl sites for hydroxylation is 1. The van der Waals surface area contributed by atoms with Gasteiger partial charge in [-0.25, -0.2) is 9.97 Å². The first kappa shape index (κ1) is 15.6. The molecule has 1 amide bonds. The molecule has 0 spiro atoms. The highest BCUT2D eigenvalue weighted by molar-refractivity contribution is 5.93. The lowest BCUT2D eigenvalue weighted by atomic mass is 9.79. The van der Waals surface area contributed by atoms with Crippen molar-refractivity contribution < 1.29 is 4.79 Å². The van der Waals surface area contributed by atoms with E-state index in [9.17, 15) is 4.79 Å². The van der Waals surface area contributed by atoms with Gasteiger partial charge in [0.2, 0.25) is 5.91 Å². The minimum atomic E-state index is -0.397. The van der Waals surface area contributed by atoms with Gasteiger partial charge in [-0.2, -0.15) is 0 Å². The molecule has 0 aliphatic carbocycles. The molecule has 1 aromatic rings. The summed E-state index contributed by atoms with van der Waals surface area (Å²) in [6, 6.07) is 1.71. The van der Waals surface area contributed by atoms with Crippen LogP contribution in [0.5, 0.6) is 0 Å². The summed E-state index contributed by atoms with van der Waals surface area (Å²) in [6.45, 7) is 12.3. The molecule has 0 aliphatic rings. The number of nitrogens with one attached hydrogen (secondary N) is 1. The van der Waals surface area contributed by atoms with E-state index in [1.807, 2.05) is 13.8 Å². The summed E-state index contributed by atoms with van der Waals surface area (Å²) in [5.41, 5.74) is -0.158. The summed E-state index contributed by atoms with van der Waals surface area (Å²) in [7, 11) is 0. The summed E-state index contributed by atoms with van der Waals surface area (Å²) in [5, 5.41) is 2.87. The first-order valence-electron chi connectivity index (χ1n) is 6.71. The second-order valence-corrected chi connectivity index (χ2v) is 6.89. The molecule has 0 radical (unpaired) electrons. The van der Waals surface area contributed by atoms with Gasteiger partial charge < -0.3 is 5.32 Å². The van der Waals surface area contributed by atoms with Crippen molar-refractivity contribution in [3.8, 4) is 0 Å². The molecule has 0 saturated heterocycles. The molecular formula is C15H25N3O. The lowest BCUT2D eigenvalue weighted by Crippen LogP contribution is -2.32. The van der Waals surface area contributed by atoms with E-state index in [0.717, 1.165) is 12.8 Å². The largest absolute Gasteiger partial charge is 0.310 e. The van der Waals surface area contributed by atoms with Crippen LogP contribution in [0.2, 0.25) is 0 Å². The van der Waals surface area contributed by atoms with Crippen molar-refractivity contribution in [3.05, 3.63) is 18.1 Å². The topological polar surface area (TPSA) is 54.9 Å². The average molecular weight is 263 g/mol. The van der Waals surface area contributed by atoms with Gasteiger partial charge >= 0.3 is 0 Å². The molecule has 0 aromatic carbocycles. The summed E-state index contributed by atoms with van der Waals surface area (Å²) in [6.07, 6.45) is 3.52. The Morgan fingerprint density at radius 2 is 1.84 bits per heavy atom. The van der Waals surface area contributed by atoms with Crippen LogP contribution >= 0.6 is 0 Å². The van der Waals surface area contributed by atoms with Gasteiger partial charge in [0, 0.05) is 11.6 Å². The van der Waals surface area contributed by atoms with Crippen molar-refractivity contribution >= 4 is 11.7 Å². The van der Waals surface area contributed by atoms with Crippen molar-refractivity contribution in [1.82, 2.24) is 9.97 Å². The molecule has 0 saturated carbocycles. The number of amides is 1. The predicted octanol–water partition coefficient (Wildman–Crippen LogP) is 3.58. The zero-order valence-corrected chi connectivity index (χ0v) is 12.9. The number of anilines is 1. The van der Waals surface area contributed by atoms with E-state index in [1.54, 1.807) is 19.2 Å². The second-order valence-electron chi connectivity index (χ2n) is 6.89. The fourth-order valence-corrected chi connectivity index (χ4v) is 1.61. The highest BCUT2D eigenvalue weighted by Gasteiger charge is 2.29. The molecule has 19 heavy (non-hydrogen) atoms. The predicted molar refractivity (Wildman–Crippen MR) is 77.9 cm³/mol. The summed E-state index contributed by atoms with van der Waals surface area (Å²) < 4.78 is 0. The molecule has 0 unspecified atom stereocenters. The maximum atomic E-state index is 12.3. The molecule has 1 rings (SSSR count). The van der Waals surface area contributed by atoms with Crippen molar-refractivity contribution in [3.63, 3.8) is 0 Å². The van der Waals surface area contributed by atoms with Crippen molar-refractivity contribution in [2.45, 2.75) is 54.4 Å². The van der Waals surface area contributed by atoms with E-state index in [-0.39, 0.29) is 11.3 Å². The number of aromatic nitrogens is 2. The molecule has 106 valence electrons. The molecule has 0 fully saturated rings. The summed E-state index contributed by atoms with van der Waals surface area (Å²) >= 11 is 0. The molecule has 1 aromatic heterocycles. The van der Waals surface area contributed by atoms with Crippen molar-refractivity contribution in [1.29, 1.82) is 0 Å². The Labute approximate surface area is 116 Å². The number of hydrogen-bond donors (Lipinski definition) is 1. The molecule has 0 bridgehead atoms. The van der Waals surface area contributed by atoms with Crippen LogP contribution in [0.4, 0.5) is 5.82 Å². The minimum absolute atomic E-state index is 0.00912. The highest BCUT2D eigenvalue weighted by Crippen LogP contribution is 2.31. The minimum Gasteiger partial charge on any atom is -0.310 e. The van der Waals surface area contributed by atoms with Crippen molar-refractivity contribution in [2.24, 2.45) is 10.8 Å². The zero-order valence-electron chi connectivity index (χ0n) is 12.9. The van der Waals surface area contributed by atoms with E-state index >= 15 is 0 Å². The Hall–Kier alpha value is -1.45. The third kappa shape index (κ3) is 5.37. The third-order valence-electron chi connectivity index (χ3n) is 3.13. The summed E-state index contributed by atoms with van der Waals surface area (Å²) in [5.74, 6) is 1.24. The van der Waals surface area contributed by atoms with E-state index < -0.39 is 5.41 Å². The molecule has 0 aliphatic heterocycles. The van der Waals surface area contributed by atoms with Crippen LogP contribution in [0.25, 0.3) is 0 Å². The van der Waals surface area contributed by atoms with Gasteiger partial charge in [0.15, 0.2) is 0 Å². The van der Waals surface area contributed by atoms with Gasteiger partial charge in [-0.3, -0.25) is 4.79 Å². The molecule has 1 heterocycles. The Morgan fingerprint density at radius 1 is 1.21 bits per heavy atom. The van der Waals surface area contributed by atoms with Gasteiger partial charge in [0.1, 0.15) is 11.6 Å². The zero-order chi connectivity index (χ0) is 14.7. The van der Waals surface area contributed by atoms with E-state index in [2.05, 4.69) is 36.1 Å². The SMILES string of the molecule is Cc1nccc(NC(=O)C(C)(C)CCC(C)(C)C)n1. The van der Waals surface area contributed by atoms with Crippen LogP contribution < -0.4 is 5.32 Å². The van der Waals surface area contributed by atoms with Crippen LogP contribution in [0.3, 0.4) is 0 Å². The number of rotatable bonds is 4. The lowest BCUT2D eigenvalue weighted by Gasteiger charge is -2.27. The van der Waals surface area contributed by atoms with Crippen LogP contribution in [0.15, 0.2) is 12.3 Å². The Kier molecular flexibility index (Phi) is 4.66. The van der Waals surface area contributed by atoms with Gasteiger partial charge in [-0.15, -0.1) is 0 Å². The van der Waals surface area contributed by atoms with E-state index in [0.29, 0.717) is 11.6 Å². The van der Waals surface area contributed by atoms with Gasteiger partial charge in [0.25, 0.3) is 0 Å². The third-order valence-corrected chi connectivity index (χ3v) is 3.13. The smallest absolute Gasteiger partial charge is 0.231 e. The highest BCUT2D eigenvalue weighted by atomic mass is 16.2. The van der Waals surface area contributed by atoms with Crippen molar-refractivity contribution in [2.75, 3.05) is 5.32 Å². The van der Waals surface area contributed by atoms with Gasteiger partial charge in [-0.05, 0) is 31.2 Å². The fourth-order valence-electron chi connectivity index (χ4n) is 1.61.